The van der Waals surface area contributed by atoms with Gasteiger partial charge in [-0.3, -0.25) is 9.69 Å². The molecule has 3 aromatic rings. The molecule has 0 atom stereocenters. The predicted molar refractivity (Wildman–Crippen MR) is 139 cm³/mol. The van der Waals surface area contributed by atoms with Crippen LogP contribution in [-0.4, -0.2) is 23.3 Å². The van der Waals surface area contributed by atoms with Gasteiger partial charge in [-0.2, -0.15) is 0 Å². The summed E-state index contributed by atoms with van der Waals surface area (Å²) < 4.78 is 12.0. The Morgan fingerprint density at radius 3 is 2.50 bits per heavy atom. The Morgan fingerprint density at radius 1 is 1.03 bits per heavy atom. The quantitative estimate of drug-likeness (QED) is 0.124. The van der Waals surface area contributed by atoms with Crippen molar-refractivity contribution in [3.05, 3.63) is 92.4 Å². The van der Waals surface area contributed by atoms with Crippen molar-refractivity contribution >= 4 is 74.5 Å². The molecule has 1 fully saturated rings. The molecular weight excluding hydrogens is 557 g/mol. The molecule has 0 aromatic heterocycles. The molecule has 0 radical (unpaired) electrons. The Hall–Kier alpha value is -2.69. The highest BCUT2D eigenvalue weighted by Gasteiger charge is 2.33. The number of ether oxygens (including phenoxy) is 2. The molecule has 3 aromatic carbocycles. The number of halogens is 1. The lowest BCUT2D eigenvalue weighted by Gasteiger charge is -2.14. The van der Waals surface area contributed by atoms with Crippen LogP contribution in [0.4, 0.5) is 5.69 Å². The molecule has 8 heteroatoms. The van der Waals surface area contributed by atoms with Gasteiger partial charge in [0, 0.05) is 3.57 Å². The molecule has 0 unspecified atom stereocenters. The zero-order chi connectivity index (χ0) is 22.7. The average Bonchev–Trinajstić information content (AvgIpc) is 3.07. The number of nitrogens with zero attached hydrogens (tertiary/aromatic N) is 1. The van der Waals surface area contributed by atoms with Crippen LogP contribution in [0.1, 0.15) is 15.9 Å². The number of methoxy groups -OCH3 is 1. The number of rotatable bonds is 5. The van der Waals surface area contributed by atoms with E-state index in [1.54, 1.807) is 67.8 Å². The minimum Gasteiger partial charge on any atom is -0.497 e. The van der Waals surface area contributed by atoms with Crippen LogP contribution >= 0.6 is 46.6 Å². The van der Waals surface area contributed by atoms with E-state index < -0.39 is 5.97 Å². The van der Waals surface area contributed by atoms with Gasteiger partial charge in [-0.15, -0.1) is 0 Å². The molecule has 5 nitrogen and oxygen atoms in total. The summed E-state index contributed by atoms with van der Waals surface area (Å²) in [5.41, 5.74) is 1.91. The number of benzene rings is 3. The number of thioether (sulfide) groups is 1. The fraction of sp³-hybridized carbons (Fsp3) is 0.0417. The summed E-state index contributed by atoms with van der Waals surface area (Å²) in [5.74, 6) is 0.463. The summed E-state index contributed by atoms with van der Waals surface area (Å²) in [6, 6.07) is 21.4. The van der Waals surface area contributed by atoms with E-state index in [9.17, 15) is 9.59 Å². The molecular formula is C24H16INO4S2. The topological polar surface area (TPSA) is 55.8 Å². The second-order valence-electron chi connectivity index (χ2n) is 6.66. The maximum Gasteiger partial charge on any atom is 0.344 e. The van der Waals surface area contributed by atoms with Gasteiger partial charge in [-0.25, -0.2) is 4.79 Å². The van der Waals surface area contributed by atoms with E-state index in [4.69, 9.17) is 21.7 Å². The minimum absolute atomic E-state index is 0.202. The average molecular weight is 573 g/mol. The molecule has 0 saturated carbocycles. The van der Waals surface area contributed by atoms with Crippen LogP contribution in [-0.2, 0) is 4.79 Å². The van der Waals surface area contributed by atoms with Crippen LogP contribution in [0.25, 0.3) is 6.08 Å². The third-order valence-electron chi connectivity index (χ3n) is 4.58. The van der Waals surface area contributed by atoms with Crippen LogP contribution < -0.4 is 14.4 Å². The summed E-state index contributed by atoms with van der Waals surface area (Å²) >= 11 is 8.76. The Bertz CT molecular complexity index is 1240. The van der Waals surface area contributed by atoms with Gasteiger partial charge in [0.2, 0.25) is 0 Å². The van der Waals surface area contributed by atoms with Gasteiger partial charge in [0.15, 0.2) is 4.32 Å². The van der Waals surface area contributed by atoms with Gasteiger partial charge in [-0.05, 0) is 82.8 Å². The van der Waals surface area contributed by atoms with E-state index >= 15 is 0 Å². The molecule has 1 saturated heterocycles. The van der Waals surface area contributed by atoms with E-state index in [1.165, 1.54) is 16.7 Å². The number of esters is 1. The fourth-order valence-corrected chi connectivity index (χ4v) is 4.94. The van der Waals surface area contributed by atoms with Crippen molar-refractivity contribution in [3.63, 3.8) is 0 Å². The number of thiocarbonyl (C=S) groups is 1. The van der Waals surface area contributed by atoms with Crippen LogP contribution in [0.3, 0.4) is 0 Å². The molecule has 160 valence electrons. The van der Waals surface area contributed by atoms with Crippen molar-refractivity contribution in [3.8, 4) is 11.5 Å². The third-order valence-corrected chi connectivity index (χ3v) is 6.83. The van der Waals surface area contributed by atoms with Gasteiger partial charge >= 0.3 is 5.97 Å². The number of amides is 1. The van der Waals surface area contributed by atoms with Gasteiger partial charge < -0.3 is 9.47 Å². The molecule has 1 aliphatic rings. The van der Waals surface area contributed by atoms with Crippen molar-refractivity contribution < 1.29 is 19.1 Å². The smallest absolute Gasteiger partial charge is 0.344 e. The highest BCUT2D eigenvalue weighted by molar-refractivity contribution is 14.1. The summed E-state index contributed by atoms with van der Waals surface area (Å²) in [6.45, 7) is 0. The monoisotopic (exact) mass is 573 g/mol. The zero-order valence-electron chi connectivity index (χ0n) is 16.8. The lowest BCUT2D eigenvalue weighted by Crippen LogP contribution is -2.27. The van der Waals surface area contributed by atoms with Crippen molar-refractivity contribution in [1.29, 1.82) is 0 Å². The van der Waals surface area contributed by atoms with E-state index in [1.807, 2.05) is 18.2 Å². The molecule has 4 rings (SSSR count). The van der Waals surface area contributed by atoms with E-state index in [0.717, 1.165) is 9.13 Å². The molecule has 1 amide bonds. The molecule has 1 heterocycles. The van der Waals surface area contributed by atoms with Crippen molar-refractivity contribution in [2.24, 2.45) is 0 Å². The van der Waals surface area contributed by atoms with E-state index in [2.05, 4.69) is 22.6 Å². The highest BCUT2D eigenvalue weighted by atomic mass is 127. The van der Waals surface area contributed by atoms with Gasteiger partial charge in [-0.1, -0.05) is 48.2 Å². The summed E-state index contributed by atoms with van der Waals surface area (Å²) in [4.78, 5) is 27.5. The van der Waals surface area contributed by atoms with Gasteiger partial charge in [0.05, 0.1) is 23.3 Å². The Labute approximate surface area is 208 Å². The third kappa shape index (κ3) is 4.87. The van der Waals surface area contributed by atoms with Crippen LogP contribution in [0.2, 0.25) is 0 Å². The number of anilines is 1. The molecule has 0 bridgehead atoms. The predicted octanol–water partition coefficient (Wildman–Crippen LogP) is 5.92. The Morgan fingerprint density at radius 2 is 1.78 bits per heavy atom. The van der Waals surface area contributed by atoms with Gasteiger partial charge in [0.25, 0.3) is 5.91 Å². The number of hydrogen-bond acceptors (Lipinski definition) is 6. The summed E-state index contributed by atoms with van der Waals surface area (Å²) in [5, 5.41) is 0. The SMILES string of the molecule is COc1ccc(N2C(=O)/C(=C\c3cccc(OC(=O)c4ccccc4I)c3)SC2=S)cc1. The molecule has 0 N–H and O–H groups in total. The molecule has 0 spiro atoms. The molecule has 1 aliphatic heterocycles. The van der Waals surface area contributed by atoms with Crippen LogP contribution in [0.5, 0.6) is 11.5 Å². The summed E-state index contributed by atoms with van der Waals surface area (Å²) in [6.07, 6.45) is 1.74. The molecule has 0 aliphatic carbocycles. The minimum atomic E-state index is -0.432. The Balaban J connectivity index is 1.54. The van der Waals surface area contributed by atoms with Crippen molar-refractivity contribution in [1.82, 2.24) is 0 Å². The maximum atomic E-state index is 13.0. The van der Waals surface area contributed by atoms with Crippen molar-refractivity contribution in [2.75, 3.05) is 12.0 Å². The van der Waals surface area contributed by atoms with Crippen LogP contribution in [0.15, 0.2) is 77.7 Å². The lowest BCUT2D eigenvalue weighted by molar-refractivity contribution is -0.113. The first-order valence-electron chi connectivity index (χ1n) is 9.45. The lowest BCUT2D eigenvalue weighted by atomic mass is 10.2. The number of carbonyl (C=O) groups excluding carboxylic acids is 2. The highest BCUT2D eigenvalue weighted by Crippen LogP contribution is 2.36. The second kappa shape index (κ2) is 9.85. The number of hydrogen-bond donors (Lipinski definition) is 0. The second-order valence-corrected chi connectivity index (χ2v) is 9.49. The standard InChI is InChI=1S/C24H16INO4S2/c1-29-17-11-9-16(10-12-17)26-22(27)21(32-24(26)31)14-15-5-4-6-18(13-15)30-23(28)19-7-2-3-8-20(19)25/h2-14H,1H3/b21-14+. The first-order chi connectivity index (χ1) is 15.5. The van der Waals surface area contributed by atoms with Crippen molar-refractivity contribution in [2.45, 2.75) is 0 Å². The largest absolute Gasteiger partial charge is 0.497 e. The number of carbonyl (C=O) groups is 2. The first kappa shape index (κ1) is 22.5. The Kier molecular flexibility index (Phi) is 6.92. The zero-order valence-corrected chi connectivity index (χ0v) is 20.6. The maximum absolute atomic E-state index is 13.0. The summed E-state index contributed by atoms with van der Waals surface area (Å²) in [7, 11) is 1.59. The first-order valence-corrected chi connectivity index (χ1v) is 11.8. The van der Waals surface area contributed by atoms with E-state index in [-0.39, 0.29) is 5.91 Å². The van der Waals surface area contributed by atoms with Gasteiger partial charge in [0.1, 0.15) is 11.5 Å². The van der Waals surface area contributed by atoms with Crippen LogP contribution in [0, 0.1) is 3.57 Å². The normalized spacial score (nSPS) is 14.7. The molecule has 32 heavy (non-hydrogen) atoms. The fourth-order valence-electron chi connectivity index (χ4n) is 3.03. The van der Waals surface area contributed by atoms with E-state index in [0.29, 0.717) is 32.0 Å².